The molecule has 2 aromatic rings. The van der Waals surface area contributed by atoms with Gasteiger partial charge in [0.05, 0.1) is 12.2 Å². The Labute approximate surface area is 148 Å². The van der Waals surface area contributed by atoms with Crippen molar-refractivity contribution in [2.45, 2.75) is 31.7 Å². The molecule has 24 heavy (non-hydrogen) atoms. The van der Waals surface area contributed by atoms with Crippen molar-refractivity contribution < 1.29 is 0 Å². The van der Waals surface area contributed by atoms with E-state index in [2.05, 4.69) is 52.5 Å². The van der Waals surface area contributed by atoms with Gasteiger partial charge in [-0.05, 0) is 36.6 Å². The molecule has 4 heteroatoms. The molecular weight excluding hydrogens is 318 g/mol. The summed E-state index contributed by atoms with van der Waals surface area (Å²) in [6, 6.07) is 10.6. The summed E-state index contributed by atoms with van der Waals surface area (Å²) in [6.45, 7) is 2.90. The Hall–Kier alpha value is -1.84. The van der Waals surface area contributed by atoms with Crippen LogP contribution in [0.3, 0.4) is 0 Å². The maximum absolute atomic E-state index is 6.09. The second kappa shape index (κ2) is 6.96. The first kappa shape index (κ1) is 15.7. The van der Waals surface area contributed by atoms with Crippen LogP contribution in [0.4, 0.5) is 0 Å². The minimum absolute atomic E-state index is 0.344. The summed E-state index contributed by atoms with van der Waals surface area (Å²) in [5.41, 5.74) is 5.37. The highest BCUT2D eigenvalue weighted by Gasteiger charge is 2.24. The summed E-state index contributed by atoms with van der Waals surface area (Å²) in [5.74, 6) is 0.344. The average molecular weight is 340 g/mol. The van der Waals surface area contributed by atoms with Gasteiger partial charge in [-0.2, -0.15) is 5.10 Å². The molecule has 2 heterocycles. The maximum Gasteiger partial charge on any atom is 0.0731 e. The van der Waals surface area contributed by atoms with Crippen molar-refractivity contribution in [1.29, 1.82) is 0 Å². The number of hydrogen-bond donors (Lipinski definition) is 1. The summed E-state index contributed by atoms with van der Waals surface area (Å²) < 4.78 is 2.22. The smallest absolute Gasteiger partial charge is 0.0731 e. The van der Waals surface area contributed by atoms with E-state index < -0.39 is 0 Å². The molecule has 1 aromatic carbocycles. The Bertz CT molecular complexity index is 774. The second-order valence-corrected chi connectivity index (χ2v) is 6.93. The van der Waals surface area contributed by atoms with Gasteiger partial charge in [-0.25, -0.2) is 0 Å². The molecule has 1 unspecified atom stereocenters. The van der Waals surface area contributed by atoms with Gasteiger partial charge in [0.25, 0.3) is 0 Å². The molecule has 1 aliphatic carbocycles. The molecule has 0 radical (unpaired) electrons. The van der Waals surface area contributed by atoms with Gasteiger partial charge in [0.15, 0.2) is 0 Å². The van der Waals surface area contributed by atoms with Crippen molar-refractivity contribution in [3.05, 3.63) is 76.1 Å². The highest BCUT2D eigenvalue weighted by molar-refractivity contribution is 6.31. The third-order valence-electron chi connectivity index (χ3n) is 4.87. The lowest BCUT2D eigenvalue weighted by Gasteiger charge is -2.13. The van der Waals surface area contributed by atoms with E-state index in [1.54, 1.807) is 0 Å². The molecule has 0 saturated heterocycles. The van der Waals surface area contributed by atoms with Gasteiger partial charge >= 0.3 is 0 Å². The van der Waals surface area contributed by atoms with Crippen LogP contribution in [-0.4, -0.2) is 22.9 Å². The number of hydrogen-bond acceptors (Lipinski definition) is 2. The van der Waals surface area contributed by atoms with Crippen LogP contribution < -0.4 is 5.32 Å². The van der Waals surface area contributed by atoms with Crippen LogP contribution in [0, 0.1) is 0 Å². The van der Waals surface area contributed by atoms with Crippen molar-refractivity contribution in [3.63, 3.8) is 0 Å². The topological polar surface area (TPSA) is 29.9 Å². The predicted octanol–water partition coefficient (Wildman–Crippen LogP) is 3.79. The first-order valence-corrected chi connectivity index (χ1v) is 9.06. The second-order valence-electron chi connectivity index (χ2n) is 6.49. The standard InChI is InChI=1S/C20H22ClN3/c21-17-8-6-16(7-9-17)20-18-10-12-22-13-11-19(18)24(23-20)14-15-4-2-1-3-5-15/h1-6,8-9,16,22H,7,10-14H2. The van der Waals surface area contributed by atoms with Crippen LogP contribution in [0.25, 0.3) is 0 Å². The lowest BCUT2D eigenvalue weighted by atomic mass is 9.92. The SMILES string of the molecule is ClC1=CCC(c2nn(Cc3ccccc3)c3c2CCNCC3)C=C1. The van der Waals surface area contributed by atoms with E-state index in [9.17, 15) is 0 Å². The molecule has 0 fully saturated rings. The van der Waals surface area contributed by atoms with Gasteiger partial charge in [-0.1, -0.05) is 54.1 Å². The van der Waals surface area contributed by atoms with Crippen molar-refractivity contribution in [2.75, 3.05) is 13.1 Å². The van der Waals surface area contributed by atoms with E-state index in [1.165, 1.54) is 22.5 Å². The zero-order valence-corrected chi connectivity index (χ0v) is 14.5. The molecule has 0 spiro atoms. The minimum atomic E-state index is 0.344. The normalized spacial score (nSPS) is 20.4. The Morgan fingerprint density at radius 2 is 2.00 bits per heavy atom. The van der Waals surface area contributed by atoms with Gasteiger partial charge in [0.1, 0.15) is 0 Å². The van der Waals surface area contributed by atoms with Crippen LogP contribution in [-0.2, 0) is 19.4 Å². The van der Waals surface area contributed by atoms with Gasteiger partial charge in [0.2, 0.25) is 0 Å². The molecule has 0 bridgehead atoms. The third-order valence-corrected chi connectivity index (χ3v) is 5.15. The summed E-state index contributed by atoms with van der Waals surface area (Å²) in [7, 11) is 0. The first-order chi connectivity index (χ1) is 11.8. The Morgan fingerprint density at radius 1 is 1.17 bits per heavy atom. The number of allylic oxidation sites excluding steroid dienone is 4. The number of nitrogens with one attached hydrogen (secondary N) is 1. The molecule has 1 N–H and O–H groups in total. The molecule has 4 rings (SSSR count). The largest absolute Gasteiger partial charge is 0.316 e. The lowest BCUT2D eigenvalue weighted by molar-refractivity contribution is 0.611. The Kier molecular flexibility index (Phi) is 4.54. The van der Waals surface area contributed by atoms with Crippen molar-refractivity contribution in [2.24, 2.45) is 0 Å². The molecule has 1 atom stereocenters. The highest BCUT2D eigenvalue weighted by atomic mass is 35.5. The van der Waals surface area contributed by atoms with E-state index >= 15 is 0 Å². The van der Waals surface area contributed by atoms with E-state index in [-0.39, 0.29) is 0 Å². The number of rotatable bonds is 3. The molecule has 0 saturated carbocycles. The molecule has 124 valence electrons. The van der Waals surface area contributed by atoms with Crippen LogP contribution in [0.2, 0.25) is 0 Å². The zero-order valence-electron chi connectivity index (χ0n) is 13.7. The van der Waals surface area contributed by atoms with E-state index in [0.717, 1.165) is 43.9 Å². The highest BCUT2D eigenvalue weighted by Crippen LogP contribution is 2.32. The van der Waals surface area contributed by atoms with E-state index in [4.69, 9.17) is 16.7 Å². The van der Waals surface area contributed by atoms with Crippen molar-refractivity contribution in [3.8, 4) is 0 Å². The predicted molar refractivity (Wildman–Crippen MR) is 98.5 cm³/mol. The van der Waals surface area contributed by atoms with Gasteiger partial charge < -0.3 is 5.32 Å². The van der Waals surface area contributed by atoms with E-state index in [0.29, 0.717) is 5.92 Å². The molecule has 3 nitrogen and oxygen atoms in total. The number of benzene rings is 1. The minimum Gasteiger partial charge on any atom is -0.316 e. The number of halogens is 1. The van der Waals surface area contributed by atoms with Crippen molar-refractivity contribution in [1.82, 2.24) is 15.1 Å². The monoisotopic (exact) mass is 339 g/mol. The maximum atomic E-state index is 6.09. The van der Waals surface area contributed by atoms with E-state index in [1.807, 2.05) is 6.08 Å². The van der Waals surface area contributed by atoms with Crippen molar-refractivity contribution >= 4 is 11.6 Å². The molecule has 1 aliphatic heterocycles. The Morgan fingerprint density at radius 3 is 2.79 bits per heavy atom. The summed E-state index contributed by atoms with van der Waals surface area (Å²) >= 11 is 6.09. The van der Waals surface area contributed by atoms with Gasteiger partial charge in [-0.15, -0.1) is 0 Å². The summed E-state index contributed by atoms with van der Waals surface area (Å²) in [5, 5.41) is 9.40. The van der Waals surface area contributed by atoms with Crippen LogP contribution >= 0.6 is 11.6 Å². The number of fused-ring (bicyclic) bond motifs is 1. The molecule has 0 amide bonds. The molecule has 2 aliphatic rings. The molecule has 1 aromatic heterocycles. The fourth-order valence-electron chi connectivity index (χ4n) is 3.63. The fraction of sp³-hybridized carbons (Fsp3) is 0.350. The summed E-state index contributed by atoms with van der Waals surface area (Å²) in [6.07, 6.45) is 9.36. The van der Waals surface area contributed by atoms with Gasteiger partial charge in [-0.3, -0.25) is 4.68 Å². The number of nitrogens with zero attached hydrogens (tertiary/aromatic N) is 2. The first-order valence-electron chi connectivity index (χ1n) is 8.68. The van der Waals surface area contributed by atoms with Crippen LogP contribution in [0.5, 0.6) is 0 Å². The quantitative estimate of drug-likeness (QED) is 0.922. The van der Waals surface area contributed by atoms with Crippen LogP contribution in [0.15, 0.2) is 53.6 Å². The number of aromatic nitrogens is 2. The van der Waals surface area contributed by atoms with Crippen LogP contribution in [0.1, 0.15) is 34.9 Å². The fourth-order valence-corrected chi connectivity index (χ4v) is 3.80. The molecular formula is C20H22ClN3. The third kappa shape index (κ3) is 3.19. The zero-order chi connectivity index (χ0) is 16.4. The average Bonchev–Trinajstić information content (AvgIpc) is 2.79. The Balaban J connectivity index is 1.70. The van der Waals surface area contributed by atoms with Gasteiger partial charge in [0, 0.05) is 29.6 Å². The lowest BCUT2D eigenvalue weighted by Crippen LogP contribution is -2.18. The summed E-state index contributed by atoms with van der Waals surface area (Å²) in [4.78, 5) is 0.